The highest BCUT2D eigenvalue weighted by Crippen LogP contribution is 2.33. The van der Waals surface area contributed by atoms with Gasteiger partial charge in [0.05, 0.1) is 6.54 Å². The molecule has 136 valence electrons. The number of nitrogens with one attached hydrogen (secondary N) is 1. The summed E-state index contributed by atoms with van der Waals surface area (Å²) in [5.41, 5.74) is 1.76. The fourth-order valence-electron chi connectivity index (χ4n) is 3.51. The quantitative estimate of drug-likeness (QED) is 0.676. The van der Waals surface area contributed by atoms with E-state index < -0.39 is 17.5 Å². The maximum Gasteiger partial charge on any atom is 0.325 e. The molecule has 0 radical (unpaired) electrons. The summed E-state index contributed by atoms with van der Waals surface area (Å²) in [6.45, 7) is 8.65. The first-order chi connectivity index (χ1) is 12.1. The lowest BCUT2D eigenvalue weighted by atomic mass is 9.92. The van der Waals surface area contributed by atoms with Crippen LogP contribution in [0.3, 0.4) is 0 Å². The molecular weight excluding hydrogens is 332 g/mol. The third-order valence-electron chi connectivity index (χ3n) is 4.84. The number of benzene rings is 1. The van der Waals surface area contributed by atoms with Crippen molar-refractivity contribution in [2.24, 2.45) is 0 Å². The minimum Gasteiger partial charge on any atom is -0.466 e. The van der Waals surface area contributed by atoms with Gasteiger partial charge in [-0.2, -0.15) is 0 Å². The van der Waals surface area contributed by atoms with E-state index in [0.717, 1.165) is 16.0 Å². The van der Waals surface area contributed by atoms with E-state index in [4.69, 9.17) is 4.42 Å². The van der Waals surface area contributed by atoms with Gasteiger partial charge in [-0.05, 0) is 46.2 Å². The number of aryl methyl sites for hydroxylation is 4. The van der Waals surface area contributed by atoms with Crippen molar-refractivity contribution in [3.63, 3.8) is 0 Å². The number of ketones is 1. The largest absolute Gasteiger partial charge is 0.466 e. The summed E-state index contributed by atoms with van der Waals surface area (Å²) >= 11 is 0. The molecule has 1 aromatic carbocycles. The molecule has 0 saturated carbocycles. The van der Waals surface area contributed by atoms with E-state index in [0.29, 0.717) is 22.6 Å². The summed E-state index contributed by atoms with van der Waals surface area (Å²) in [5.74, 6) is 0.506. The van der Waals surface area contributed by atoms with E-state index in [1.165, 1.54) is 0 Å². The van der Waals surface area contributed by atoms with Gasteiger partial charge in [0.15, 0.2) is 5.78 Å². The van der Waals surface area contributed by atoms with Crippen molar-refractivity contribution >= 4 is 17.7 Å². The second-order valence-electron chi connectivity index (χ2n) is 7.01. The Morgan fingerprint density at radius 3 is 2.42 bits per heavy atom. The molecule has 3 rings (SSSR count). The zero-order chi connectivity index (χ0) is 19.2. The third-order valence-corrected chi connectivity index (χ3v) is 4.84. The Balaban J connectivity index is 1.88. The van der Waals surface area contributed by atoms with Crippen LogP contribution in [-0.2, 0) is 10.3 Å². The zero-order valence-electron chi connectivity index (χ0n) is 15.6. The molecule has 0 bridgehead atoms. The summed E-state index contributed by atoms with van der Waals surface area (Å²) < 4.78 is 5.50. The maximum atomic E-state index is 13.0. The summed E-state index contributed by atoms with van der Waals surface area (Å²) in [6, 6.07) is 6.64. The van der Waals surface area contributed by atoms with E-state index in [9.17, 15) is 14.4 Å². The summed E-state index contributed by atoms with van der Waals surface area (Å²) in [6.07, 6.45) is 0. The summed E-state index contributed by atoms with van der Waals surface area (Å²) in [5, 5.41) is 2.71. The molecule has 1 aliphatic heterocycles. The highest BCUT2D eigenvalue weighted by molar-refractivity contribution is 6.11. The highest BCUT2D eigenvalue weighted by Gasteiger charge is 2.51. The number of Topliss-reactive ketones (excluding diaryl/α,β-unsaturated/α-hetero) is 1. The predicted molar refractivity (Wildman–Crippen MR) is 96.0 cm³/mol. The van der Waals surface area contributed by atoms with Gasteiger partial charge in [0.25, 0.3) is 5.91 Å². The number of hydrogen-bond donors (Lipinski definition) is 1. The van der Waals surface area contributed by atoms with Crippen molar-refractivity contribution < 1.29 is 18.8 Å². The summed E-state index contributed by atoms with van der Waals surface area (Å²) in [4.78, 5) is 39.0. The number of urea groups is 1. The van der Waals surface area contributed by atoms with Crippen molar-refractivity contribution in [1.29, 1.82) is 0 Å². The number of furan rings is 1. The second-order valence-corrected chi connectivity index (χ2v) is 7.01. The average molecular weight is 354 g/mol. The Hall–Kier alpha value is -2.89. The van der Waals surface area contributed by atoms with Gasteiger partial charge in [-0.25, -0.2) is 4.79 Å². The minimum atomic E-state index is -1.23. The molecule has 1 N–H and O–H groups in total. The number of carbonyl (C=O) groups is 3. The van der Waals surface area contributed by atoms with Gasteiger partial charge in [0.2, 0.25) is 0 Å². The Kier molecular flexibility index (Phi) is 4.22. The first-order valence-electron chi connectivity index (χ1n) is 8.45. The highest BCUT2D eigenvalue weighted by atomic mass is 16.3. The number of nitrogens with zero attached hydrogens (tertiary/aromatic N) is 1. The molecule has 0 aliphatic carbocycles. The normalized spacial score (nSPS) is 19.8. The number of amides is 3. The van der Waals surface area contributed by atoms with Gasteiger partial charge in [-0.3, -0.25) is 14.5 Å². The van der Waals surface area contributed by atoms with Crippen LogP contribution in [0.1, 0.15) is 45.5 Å². The fourth-order valence-corrected chi connectivity index (χ4v) is 3.51. The molecule has 2 aromatic rings. The van der Waals surface area contributed by atoms with Crippen molar-refractivity contribution in [1.82, 2.24) is 10.2 Å². The predicted octanol–water partition coefficient (Wildman–Crippen LogP) is 3.16. The monoisotopic (exact) mass is 354 g/mol. The standard InChI is InChI=1S/C20H22N2O4/c1-11-6-7-15(12(2)8-11)17(23)10-22-18(24)20(5,21-19(22)25)16-9-13(3)26-14(16)4/h6-9H,10H2,1-5H3,(H,21,25). The van der Waals surface area contributed by atoms with Crippen molar-refractivity contribution in [3.05, 3.63) is 58.0 Å². The van der Waals surface area contributed by atoms with E-state index >= 15 is 0 Å². The molecule has 2 heterocycles. The van der Waals surface area contributed by atoms with Crippen LogP contribution in [0.2, 0.25) is 0 Å². The molecule has 6 heteroatoms. The SMILES string of the molecule is Cc1ccc(C(=O)CN2C(=O)NC(C)(c3cc(C)oc3C)C2=O)c(C)c1. The molecule has 3 amide bonds. The Morgan fingerprint density at radius 1 is 1.15 bits per heavy atom. The van der Waals surface area contributed by atoms with Gasteiger partial charge in [-0.15, -0.1) is 0 Å². The van der Waals surface area contributed by atoms with Crippen molar-refractivity contribution in [2.45, 2.75) is 40.2 Å². The molecule has 6 nitrogen and oxygen atoms in total. The van der Waals surface area contributed by atoms with E-state index in [1.807, 2.05) is 26.0 Å². The lowest BCUT2D eigenvalue weighted by Gasteiger charge is -2.21. The van der Waals surface area contributed by atoms with Crippen LogP contribution in [-0.4, -0.2) is 29.2 Å². The van der Waals surface area contributed by atoms with Crippen LogP contribution in [0.25, 0.3) is 0 Å². The molecule has 1 unspecified atom stereocenters. The first-order valence-corrected chi connectivity index (χ1v) is 8.45. The molecular formula is C20H22N2O4. The molecule has 1 aliphatic rings. The van der Waals surface area contributed by atoms with Crippen LogP contribution >= 0.6 is 0 Å². The maximum absolute atomic E-state index is 13.0. The lowest BCUT2D eigenvalue weighted by Crippen LogP contribution is -2.41. The van der Waals surface area contributed by atoms with E-state index in [2.05, 4.69) is 5.32 Å². The molecule has 26 heavy (non-hydrogen) atoms. The molecule has 0 spiro atoms. The molecule has 1 aromatic heterocycles. The van der Waals surface area contributed by atoms with Crippen LogP contribution < -0.4 is 5.32 Å². The summed E-state index contributed by atoms with van der Waals surface area (Å²) in [7, 11) is 0. The van der Waals surface area contributed by atoms with Crippen molar-refractivity contribution in [3.8, 4) is 0 Å². The minimum absolute atomic E-state index is 0.268. The number of hydrogen-bond acceptors (Lipinski definition) is 4. The fraction of sp³-hybridized carbons (Fsp3) is 0.350. The van der Waals surface area contributed by atoms with Crippen LogP contribution in [0.5, 0.6) is 0 Å². The smallest absolute Gasteiger partial charge is 0.325 e. The van der Waals surface area contributed by atoms with E-state index in [-0.39, 0.29) is 12.3 Å². The van der Waals surface area contributed by atoms with Crippen LogP contribution in [0, 0.1) is 27.7 Å². The van der Waals surface area contributed by atoms with Gasteiger partial charge < -0.3 is 9.73 Å². The Morgan fingerprint density at radius 2 is 1.85 bits per heavy atom. The van der Waals surface area contributed by atoms with Gasteiger partial charge in [0, 0.05) is 11.1 Å². The number of carbonyl (C=O) groups excluding carboxylic acids is 3. The molecule has 1 saturated heterocycles. The lowest BCUT2D eigenvalue weighted by molar-refractivity contribution is -0.130. The number of rotatable bonds is 4. The average Bonchev–Trinajstić information content (AvgIpc) is 2.99. The third kappa shape index (κ3) is 2.81. The van der Waals surface area contributed by atoms with Gasteiger partial charge in [-0.1, -0.05) is 23.8 Å². The van der Waals surface area contributed by atoms with Gasteiger partial charge >= 0.3 is 6.03 Å². The van der Waals surface area contributed by atoms with Crippen LogP contribution in [0.15, 0.2) is 28.7 Å². The number of imide groups is 1. The van der Waals surface area contributed by atoms with Crippen molar-refractivity contribution in [2.75, 3.05) is 6.54 Å². The van der Waals surface area contributed by atoms with Gasteiger partial charge in [0.1, 0.15) is 17.1 Å². The first kappa shape index (κ1) is 17.9. The topological polar surface area (TPSA) is 79.6 Å². The van der Waals surface area contributed by atoms with E-state index in [1.54, 1.807) is 32.9 Å². The zero-order valence-corrected chi connectivity index (χ0v) is 15.6. The molecule has 1 fully saturated rings. The molecule has 1 atom stereocenters. The Bertz CT molecular complexity index is 928. The Labute approximate surface area is 152 Å². The van der Waals surface area contributed by atoms with Crippen LogP contribution in [0.4, 0.5) is 4.79 Å². The second kappa shape index (κ2) is 6.12.